The van der Waals surface area contributed by atoms with Crippen molar-refractivity contribution in [3.8, 4) is 11.1 Å². The average Bonchev–Trinajstić information content (AvgIpc) is 2.81. The summed E-state index contributed by atoms with van der Waals surface area (Å²) in [6.07, 6.45) is 3.76. The summed E-state index contributed by atoms with van der Waals surface area (Å²) in [5.74, 6) is 0.236. The molecule has 0 aliphatic rings. The van der Waals surface area contributed by atoms with Crippen LogP contribution in [0.15, 0.2) is 36.7 Å². The monoisotopic (exact) mass is 271 g/mol. The largest absolute Gasteiger partial charge is 0.462 e. The van der Waals surface area contributed by atoms with Crippen LogP contribution in [0, 0.1) is 0 Å². The van der Waals surface area contributed by atoms with Gasteiger partial charge in [-0.3, -0.25) is 0 Å². The summed E-state index contributed by atoms with van der Waals surface area (Å²) in [6.45, 7) is 6.54. The minimum absolute atomic E-state index is 0.268. The number of carbonyl (C=O) groups excluding carboxylic acids is 1. The summed E-state index contributed by atoms with van der Waals surface area (Å²) in [6, 6.07) is 8.35. The van der Waals surface area contributed by atoms with Crippen LogP contribution in [0.5, 0.6) is 0 Å². The molecule has 1 aromatic carbocycles. The zero-order valence-electron chi connectivity index (χ0n) is 12.5. The van der Waals surface area contributed by atoms with Crippen molar-refractivity contribution >= 4 is 5.97 Å². The van der Waals surface area contributed by atoms with Gasteiger partial charge in [0.2, 0.25) is 0 Å². The lowest BCUT2D eigenvalue weighted by Gasteiger charge is -2.07. The third-order valence-corrected chi connectivity index (χ3v) is 3.34. The van der Waals surface area contributed by atoms with E-state index in [9.17, 15) is 4.79 Å². The van der Waals surface area contributed by atoms with Crippen LogP contribution < -0.4 is 0 Å². The van der Waals surface area contributed by atoms with Crippen molar-refractivity contribution in [1.82, 2.24) is 4.57 Å². The van der Waals surface area contributed by atoms with Crippen LogP contribution in [-0.2, 0) is 11.8 Å². The lowest BCUT2D eigenvalue weighted by Crippen LogP contribution is -2.04. The fourth-order valence-corrected chi connectivity index (χ4v) is 2.23. The molecule has 0 saturated carbocycles. The molecule has 2 rings (SSSR count). The highest BCUT2D eigenvalue weighted by atomic mass is 16.5. The number of aryl methyl sites for hydroxylation is 1. The summed E-state index contributed by atoms with van der Waals surface area (Å²) in [7, 11) is 1.91. The number of esters is 1. The Balaban J connectivity index is 2.39. The number of rotatable bonds is 4. The molecule has 0 amide bonds. The van der Waals surface area contributed by atoms with E-state index >= 15 is 0 Å². The fourth-order valence-electron chi connectivity index (χ4n) is 2.23. The Morgan fingerprint density at radius 3 is 2.40 bits per heavy atom. The highest BCUT2D eigenvalue weighted by Gasteiger charge is 2.16. The highest BCUT2D eigenvalue weighted by Crippen LogP contribution is 2.27. The van der Waals surface area contributed by atoms with E-state index in [2.05, 4.69) is 38.1 Å². The summed E-state index contributed by atoms with van der Waals surface area (Å²) >= 11 is 0. The molecular weight excluding hydrogens is 250 g/mol. The van der Waals surface area contributed by atoms with Gasteiger partial charge in [0.15, 0.2) is 0 Å². The summed E-state index contributed by atoms with van der Waals surface area (Å²) < 4.78 is 7.00. The van der Waals surface area contributed by atoms with E-state index in [0.29, 0.717) is 18.1 Å². The van der Waals surface area contributed by atoms with E-state index in [-0.39, 0.29) is 5.97 Å². The molecule has 0 fully saturated rings. The molecule has 20 heavy (non-hydrogen) atoms. The molecule has 0 unspecified atom stereocenters. The van der Waals surface area contributed by atoms with E-state index in [1.54, 1.807) is 0 Å². The lowest BCUT2D eigenvalue weighted by atomic mass is 9.98. The van der Waals surface area contributed by atoms with Gasteiger partial charge < -0.3 is 9.30 Å². The Kier molecular flexibility index (Phi) is 4.28. The van der Waals surface area contributed by atoms with Crippen molar-refractivity contribution in [2.75, 3.05) is 6.61 Å². The van der Waals surface area contributed by atoms with Crippen molar-refractivity contribution in [3.63, 3.8) is 0 Å². The molecule has 0 spiro atoms. The number of carbonyl (C=O) groups is 1. The molecule has 1 heterocycles. The molecule has 0 N–H and O–H groups in total. The highest BCUT2D eigenvalue weighted by molar-refractivity contribution is 5.97. The average molecular weight is 271 g/mol. The van der Waals surface area contributed by atoms with E-state index in [1.807, 2.05) is 30.9 Å². The molecule has 106 valence electrons. The SMILES string of the molecule is CCOC(=O)c1cn(C)cc1-c1ccc(C(C)C)cc1. The third kappa shape index (κ3) is 2.93. The van der Waals surface area contributed by atoms with Crippen LogP contribution in [-0.4, -0.2) is 17.1 Å². The standard InChI is InChI=1S/C17H21NO2/c1-5-20-17(19)16-11-18(4)10-15(16)14-8-6-13(7-9-14)12(2)3/h6-12H,5H2,1-4H3. The first-order valence-corrected chi connectivity index (χ1v) is 6.96. The molecule has 0 bridgehead atoms. The van der Waals surface area contributed by atoms with Crippen molar-refractivity contribution in [2.24, 2.45) is 7.05 Å². The second-order valence-electron chi connectivity index (χ2n) is 5.25. The molecule has 0 radical (unpaired) electrons. The summed E-state index contributed by atoms with van der Waals surface area (Å²) in [5, 5.41) is 0. The fraction of sp³-hybridized carbons (Fsp3) is 0.353. The van der Waals surface area contributed by atoms with Gasteiger partial charge in [0.25, 0.3) is 0 Å². The van der Waals surface area contributed by atoms with Crippen LogP contribution in [0.3, 0.4) is 0 Å². The Morgan fingerprint density at radius 2 is 1.85 bits per heavy atom. The maximum atomic E-state index is 12.0. The molecular formula is C17H21NO2. The van der Waals surface area contributed by atoms with Crippen LogP contribution >= 0.6 is 0 Å². The molecule has 3 nitrogen and oxygen atoms in total. The molecule has 2 aromatic rings. The van der Waals surface area contributed by atoms with Gasteiger partial charge in [-0.1, -0.05) is 38.1 Å². The predicted molar refractivity (Wildman–Crippen MR) is 80.9 cm³/mol. The molecule has 0 saturated heterocycles. The summed E-state index contributed by atoms with van der Waals surface area (Å²) in [4.78, 5) is 12.0. The number of nitrogens with zero attached hydrogens (tertiary/aromatic N) is 1. The summed E-state index contributed by atoms with van der Waals surface area (Å²) in [5.41, 5.74) is 3.87. The van der Waals surface area contributed by atoms with Gasteiger partial charge in [-0.2, -0.15) is 0 Å². The second kappa shape index (κ2) is 5.95. The Bertz CT molecular complexity index is 594. The predicted octanol–water partition coefficient (Wildman–Crippen LogP) is 3.99. The van der Waals surface area contributed by atoms with Gasteiger partial charge in [-0.15, -0.1) is 0 Å². The van der Waals surface area contributed by atoms with E-state index in [4.69, 9.17) is 4.74 Å². The number of aromatic nitrogens is 1. The minimum Gasteiger partial charge on any atom is -0.462 e. The van der Waals surface area contributed by atoms with E-state index < -0.39 is 0 Å². The Labute approximate surface area is 120 Å². The van der Waals surface area contributed by atoms with Crippen molar-refractivity contribution < 1.29 is 9.53 Å². The zero-order chi connectivity index (χ0) is 14.7. The molecule has 1 aromatic heterocycles. The number of ether oxygens (including phenoxy) is 1. The van der Waals surface area contributed by atoms with Gasteiger partial charge in [0.1, 0.15) is 0 Å². The van der Waals surface area contributed by atoms with Gasteiger partial charge in [0.05, 0.1) is 12.2 Å². The van der Waals surface area contributed by atoms with Gasteiger partial charge in [-0.25, -0.2) is 4.79 Å². The maximum absolute atomic E-state index is 12.0. The molecule has 0 atom stereocenters. The van der Waals surface area contributed by atoms with Crippen molar-refractivity contribution in [1.29, 1.82) is 0 Å². The van der Waals surface area contributed by atoms with E-state index in [0.717, 1.165) is 11.1 Å². The number of benzene rings is 1. The lowest BCUT2D eigenvalue weighted by molar-refractivity contribution is 0.0527. The Morgan fingerprint density at radius 1 is 1.20 bits per heavy atom. The van der Waals surface area contributed by atoms with Gasteiger partial charge in [0, 0.05) is 25.0 Å². The van der Waals surface area contributed by atoms with Crippen LogP contribution in [0.25, 0.3) is 11.1 Å². The molecule has 3 heteroatoms. The first-order chi connectivity index (χ1) is 9.52. The molecule has 0 aliphatic carbocycles. The van der Waals surface area contributed by atoms with Crippen LogP contribution in [0.4, 0.5) is 0 Å². The first kappa shape index (κ1) is 14.4. The zero-order valence-corrected chi connectivity index (χ0v) is 12.5. The number of hydrogen-bond donors (Lipinski definition) is 0. The quantitative estimate of drug-likeness (QED) is 0.787. The van der Waals surface area contributed by atoms with Crippen molar-refractivity contribution in [2.45, 2.75) is 26.7 Å². The maximum Gasteiger partial charge on any atom is 0.340 e. The van der Waals surface area contributed by atoms with Gasteiger partial charge in [-0.05, 0) is 24.0 Å². The minimum atomic E-state index is -0.268. The normalized spacial score (nSPS) is 10.8. The molecule has 0 aliphatic heterocycles. The van der Waals surface area contributed by atoms with Crippen LogP contribution in [0.2, 0.25) is 0 Å². The van der Waals surface area contributed by atoms with Gasteiger partial charge >= 0.3 is 5.97 Å². The third-order valence-electron chi connectivity index (χ3n) is 3.34. The topological polar surface area (TPSA) is 31.2 Å². The van der Waals surface area contributed by atoms with E-state index in [1.165, 1.54) is 5.56 Å². The second-order valence-corrected chi connectivity index (χ2v) is 5.25. The first-order valence-electron chi connectivity index (χ1n) is 6.96. The van der Waals surface area contributed by atoms with Crippen molar-refractivity contribution in [3.05, 3.63) is 47.8 Å². The smallest absolute Gasteiger partial charge is 0.340 e. The Hall–Kier alpha value is -2.03. The number of hydrogen-bond acceptors (Lipinski definition) is 2. The van der Waals surface area contributed by atoms with Crippen LogP contribution in [0.1, 0.15) is 42.6 Å².